The molecule has 0 amide bonds. The number of nitriles is 1. The molecule has 1 aromatic rings. The second-order valence-corrected chi connectivity index (χ2v) is 5.19. The topological polar surface area (TPSA) is 48.6 Å². The molecule has 1 aliphatic carbocycles. The highest BCUT2D eigenvalue weighted by Gasteiger charge is 2.32. The van der Waals surface area contributed by atoms with Crippen molar-refractivity contribution >= 4 is 5.71 Å². The van der Waals surface area contributed by atoms with Crippen LogP contribution >= 0.6 is 0 Å². The van der Waals surface area contributed by atoms with Crippen LogP contribution in [-0.2, 0) is 11.4 Å². The Hall–Kier alpha value is -1.86. The third-order valence-electron chi connectivity index (χ3n) is 3.64. The van der Waals surface area contributed by atoms with Gasteiger partial charge in [-0.25, -0.2) is 0 Å². The van der Waals surface area contributed by atoms with Gasteiger partial charge in [0.25, 0.3) is 0 Å². The Balaban J connectivity index is 1.48. The van der Waals surface area contributed by atoms with Gasteiger partial charge in [-0.15, -0.1) is 0 Å². The first-order valence-corrected chi connectivity index (χ1v) is 6.76. The van der Waals surface area contributed by atoms with Crippen LogP contribution in [0.2, 0.25) is 0 Å². The van der Waals surface area contributed by atoms with Crippen molar-refractivity contribution in [2.24, 2.45) is 5.16 Å². The van der Waals surface area contributed by atoms with Gasteiger partial charge in [-0.1, -0.05) is 17.3 Å². The lowest BCUT2D eigenvalue weighted by molar-refractivity contribution is 0.129. The Morgan fingerprint density at radius 3 is 2.79 bits per heavy atom. The molecule has 0 bridgehead atoms. The Kier molecular flexibility index (Phi) is 3.47. The predicted molar refractivity (Wildman–Crippen MR) is 72.6 cm³/mol. The standard InChI is InChI=1S/C15H17N3O/c16-9-12-1-3-13(4-2-12)11-19-17-14-7-8-18(10-14)15-5-6-15/h1-4,15H,5-8,10-11H2/b17-14+. The molecule has 2 fully saturated rings. The van der Waals surface area contributed by atoms with Gasteiger partial charge in [-0.2, -0.15) is 5.26 Å². The van der Waals surface area contributed by atoms with E-state index in [-0.39, 0.29) is 0 Å². The monoisotopic (exact) mass is 255 g/mol. The average Bonchev–Trinajstić information content (AvgIpc) is 3.20. The fraction of sp³-hybridized carbons (Fsp3) is 0.467. The summed E-state index contributed by atoms with van der Waals surface area (Å²) in [7, 11) is 0. The summed E-state index contributed by atoms with van der Waals surface area (Å²) in [4.78, 5) is 7.89. The van der Waals surface area contributed by atoms with Crippen LogP contribution in [0.1, 0.15) is 30.4 Å². The number of benzene rings is 1. The number of rotatable bonds is 4. The van der Waals surface area contributed by atoms with Crippen LogP contribution in [0, 0.1) is 11.3 Å². The first-order chi connectivity index (χ1) is 9.35. The number of hydrogen-bond acceptors (Lipinski definition) is 4. The molecule has 0 N–H and O–H groups in total. The molecule has 3 rings (SSSR count). The van der Waals surface area contributed by atoms with Gasteiger partial charge in [0.05, 0.1) is 17.3 Å². The molecule has 4 heteroatoms. The summed E-state index contributed by atoms with van der Waals surface area (Å²) in [5.74, 6) is 0. The molecule has 98 valence electrons. The van der Waals surface area contributed by atoms with E-state index < -0.39 is 0 Å². The largest absolute Gasteiger partial charge is 0.391 e. The second-order valence-electron chi connectivity index (χ2n) is 5.19. The molecule has 0 radical (unpaired) electrons. The van der Waals surface area contributed by atoms with Crippen molar-refractivity contribution in [1.82, 2.24) is 4.90 Å². The van der Waals surface area contributed by atoms with Crippen molar-refractivity contribution in [2.45, 2.75) is 31.9 Å². The molecule has 1 aliphatic heterocycles. The molecule has 4 nitrogen and oxygen atoms in total. The second kappa shape index (κ2) is 5.41. The van der Waals surface area contributed by atoms with Gasteiger partial charge in [0.1, 0.15) is 6.61 Å². The van der Waals surface area contributed by atoms with Crippen molar-refractivity contribution in [3.63, 3.8) is 0 Å². The van der Waals surface area contributed by atoms with Crippen LogP contribution in [0.5, 0.6) is 0 Å². The molecule has 0 spiro atoms. The molecule has 0 aromatic heterocycles. The minimum absolute atomic E-state index is 0.471. The number of hydrogen-bond donors (Lipinski definition) is 0. The van der Waals surface area contributed by atoms with Gasteiger partial charge < -0.3 is 4.84 Å². The zero-order valence-electron chi connectivity index (χ0n) is 10.9. The van der Waals surface area contributed by atoms with Crippen LogP contribution in [0.4, 0.5) is 0 Å². The quantitative estimate of drug-likeness (QED) is 0.776. The third-order valence-corrected chi connectivity index (χ3v) is 3.64. The first-order valence-electron chi connectivity index (χ1n) is 6.76. The fourth-order valence-corrected chi connectivity index (χ4v) is 2.36. The lowest BCUT2D eigenvalue weighted by atomic mass is 10.2. The zero-order chi connectivity index (χ0) is 13.1. The molecular formula is C15H17N3O. The van der Waals surface area contributed by atoms with Gasteiger partial charge in [0, 0.05) is 25.6 Å². The Labute approximate surface area is 113 Å². The normalized spacial score (nSPS) is 21.5. The Morgan fingerprint density at radius 2 is 2.11 bits per heavy atom. The minimum Gasteiger partial charge on any atom is -0.391 e. The summed E-state index contributed by atoms with van der Waals surface area (Å²) >= 11 is 0. The maximum Gasteiger partial charge on any atom is 0.142 e. The smallest absolute Gasteiger partial charge is 0.142 e. The van der Waals surface area contributed by atoms with E-state index in [4.69, 9.17) is 10.1 Å². The van der Waals surface area contributed by atoms with Crippen LogP contribution in [0.15, 0.2) is 29.4 Å². The molecule has 19 heavy (non-hydrogen) atoms. The van der Waals surface area contributed by atoms with E-state index in [1.807, 2.05) is 12.1 Å². The highest BCUT2D eigenvalue weighted by molar-refractivity contribution is 5.87. The molecule has 0 unspecified atom stereocenters. The predicted octanol–water partition coefficient (Wildman–Crippen LogP) is 2.30. The summed E-state index contributed by atoms with van der Waals surface area (Å²) < 4.78 is 0. The van der Waals surface area contributed by atoms with E-state index in [0.717, 1.165) is 36.8 Å². The molecular weight excluding hydrogens is 238 g/mol. The maximum atomic E-state index is 8.72. The van der Waals surface area contributed by atoms with Crippen LogP contribution < -0.4 is 0 Å². The molecule has 1 saturated carbocycles. The summed E-state index contributed by atoms with van der Waals surface area (Å²) in [6.07, 6.45) is 3.72. The highest BCUT2D eigenvalue weighted by atomic mass is 16.6. The molecule has 1 heterocycles. The average molecular weight is 255 g/mol. The lowest BCUT2D eigenvalue weighted by Crippen LogP contribution is -2.22. The van der Waals surface area contributed by atoms with E-state index in [9.17, 15) is 0 Å². The van der Waals surface area contributed by atoms with E-state index in [0.29, 0.717) is 12.2 Å². The lowest BCUT2D eigenvalue weighted by Gasteiger charge is -2.10. The summed E-state index contributed by atoms with van der Waals surface area (Å²) in [5, 5.41) is 12.9. The van der Waals surface area contributed by atoms with Crippen molar-refractivity contribution in [2.75, 3.05) is 13.1 Å². The number of likely N-dealkylation sites (tertiary alicyclic amines) is 1. The summed E-state index contributed by atoms with van der Waals surface area (Å²) in [5.41, 5.74) is 2.87. The highest BCUT2D eigenvalue weighted by Crippen LogP contribution is 2.29. The molecule has 0 atom stereocenters. The zero-order valence-corrected chi connectivity index (χ0v) is 10.9. The van der Waals surface area contributed by atoms with E-state index in [1.165, 1.54) is 12.8 Å². The van der Waals surface area contributed by atoms with Crippen molar-refractivity contribution in [3.8, 4) is 6.07 Å². The van der Waals surface area contributed by atoms with E-state index >= 15 is 0 Å². The fourth-order valence-electron chi connectivity index (χ4n) is 2.36. The summed E-state index contributed by atoms with van der Waals surface area (Å²) in [6, 6.07) is 10.3. The van der Waals surface area contributed by atoms with Gasteiger partial charge >= 0.3 is 0 Å². The third kappa shape index (κ3) is 3.12. The first kappa shape index (κ1) is 12.2. The van der Waals surface area contributed by atoms with Crippen molar-refractivity contribution < 1.29 is 4.84 Å². The van der Waals surface area contributed by atoms with Crippen molar-refractivity contribution in [3.05, 3.63) is 35.4 Å². The van der Waals surface area contributed by atoms with Crippen molar-refractivity contribution in [1.29, 1.82) is 5.26 Å². The number of nitrogens with zero attached hydrogens (tertiary/aromatic N) is 3. The van der Waals surface area contributed by atoms with Gasteiger partial charge in [0.15, 0.2) is 0 Å². The van der Waals surface area contributed by atoms with Crippen LogP contribution in [0.3, 0.4) is 0 Å². The molecule has 2 aliphatic rings. The van der Waals surface area contributed by atoms with E-state index in [1.54, 1.807) is 12.1 Å². The molecule has 1 saturated heterocycles. The Morgan fingerprint density at radius 1 is 1.32 bits per heavy atom. The minimum atomic E-state index is 0.471. The van der Waals surface area contributed by atoms with Crippen LogP contribution in [-0.4, -0.2) is 29.7 Å². The van der Waals surface area contributed by atoms with Gasteiger partial charge in [0.2, 0.25) is 0 Å². The Bertz CT molecular complexity index is 511. The number of oxime groups is 1. The maximum absolute atomic E-state index is 8.72. The summed E-state index contributed by atoms with van der Waals surface area (Å²) in [6.45, 7) is 2.57. The van der Waals surface area contributed by atoms with E-state index in [2.05, 4.69) is 16.1 Å². The molecule has 1 aromatic carbocycles. The van der Waals surface area contributed by atoms with Crippen LogP contribution in [0.25, 0.3) is 0 Å². The van der Waals surface area contributed by atoms with Gasteiger partial charge in [-0.3, -0.25) is 4.90 Å². The van der Waals surface area contributed by atoms with Gasteiger partial charge in [-0.05, 0) is 30.5 Å². The SMILES string of the molecule is N#Cc1ccc(CO/N=C2\CCN(C3CC3)C2)cc1.